The van der Waals surface area contributed by atoms with Gasteiger partial charge in [0, 0.05) is 6.42 Å². The number of carbonyl (C=O) groups excluding carboxylic acids is 1. The third-order valence-electron chi connectivity index (χ3n) is 11.0. The Bertz CT molecular complexity index is 701. The molecule has 7 atom stereocenters. The lowest BCUT2D eigenvalue weighted by molar-refractivity contribution is -0.107. The van der Waals surface area contributed by atoms with Gasteiger partial charge in [-0.05, 0) is 112 Å². The van der Waals surface area contributed by atoms with Crippen LogP contribution < -0.4 is 0 Å². The number of rotatable bonds is 7. The Hall–Kier alpha value is -0.850. The third-order valence-corrected chi connectivity index (χ3v) is 11.0. The Balaban J connectivity index is 0.000000845. The van der Waals surface area contributed by atoms with Crippen molar-refractivity contribution in [2.75, 3.05) is 0 Å². The fourth-order valence-electron chi connectivity index (χ4n) is 8.69. The van der Waals surface area contributed by atoms with Gasteiger partial charge in [-0.25, -0.2) is 0 Å². The largest absolute Gasteiger partial charge is 0.303 e. The van der Waals surface area contributed by atoms with Gasteiger partial charge in [-0.3, -0.25) is 0 Å². The van der Waals surface area contributed by atoms with Crippen LogP contribution in [0.2, 0.25) is 0 Å². The van der Waals surface area contributed by atoms with Gasteiger partial charge in [0.15, 0.2) is 0 Å². The molecular weight excluding hydrogens is 436 g/mol. The van der Waals surface area contributed by atoms with E-state index in [0.717, 1.165) is 35.9 Å². The maximum Gasteiger partial charge on any atom is 0.119 e. The quantitative estimate of drug-likeness (QED) is 0.193. The maximum absolute atomic E-state index is 9.17. The molecule has 0 amide bonds. The molecule has 1 nitrogen and oxygen atoms in total. The lowest BCUT2D eigenvalue weighted by atomic mass is 9.46. The van der Waals surface area contributed by atoms with E-state index in [0.29, 0.717) is 17.3 Å². The van der Waals surface area contributed by atoms with Crippen molar-refractivity contribution >= 4 is 6.29 Å². The zero-order valence-electron chi connectivity index (χ0n) is 24.9. The molecule has 4 aliphatic carbocycles. The van der Waals surface area contributed by atoms with E-state index in [-0.39, 0.29) is 7.43 Å². The van der Waals surface area contributed by atoms with E-state index in [9.17, 15) is 4.79 Å². The fourth-order valence-corrected chi connectivity index (χ4v) is 8.69. The summed E-state index contributed by atoms with van der Waals surface area (Å²) in [5, 5.41) is 0. The van der Waals surface area contributed by atoms with Crippen LogP contribution >= 0.6 is 0 Å². The van der Waals surface area contributed by atoms with Crippen LogP contribution in [0.1, 0.15) is 153 Å². The van der Waals surface area contributed by atoms with Gasteiger partial charge >= 0.3 is 0 Å². The van der Waals surface area contributed by atoms with Crippen LogP contribution in [0.5, 0.6) is 0 Å². The molecule has 1 heteroatoms. The molecular formula is C35H64O. The molecule has 210 valence electrons. The van der Waals surface area contributed by atoms with Gasteiger partial charge < -0.3 is 4.79 Å². The highest BCUT2D eigenvalue weighted by Gasteiger charge is 2.58. The Labute approximate surface area is 227 Å². The van der Waals surface area contributed by atoms with Crippen LogP contribution in [0.3, 0.4) is 0 Å². The summed E-state index contributed by atoms with van der Waals surface area (Å²) in [5.74, 6) is 4.83. The zero-order chi connectivity index (χ0) is 26.1. The zero-order valence-corrected chi connectivity index (χ0v) is 24.9. The molecule has 3 fully saturated rings. The summed E-state index contributed by atoms with van der Waals surface area (Å²) in [7, 11) is 0. The molecule has 0 aromatic carbocycles. The topological polar surface area (TPSA) is 17.1 Å². The molecule has 0 heterocycles. The number of hydrogen-bond acceptors (Lipinski definition) is 1. The Morgan fingerprint density at radius 3 is 2.31 bits per heavy atom. The summed E-state index contributed by atoms with van der Waals surface area (Å²) in [6.07, 6.45) is 25.7. The lowest BCUT2D eigenvalue weighted by Gasteiger charge is -2.58. The summed E-state index contributed by atoms with van der Waals surface area (Å²) in [6.45, 7) is 18.1. The number of carbonyl (C=O) groups is 1. The second-order valence-electron chi connectivity index (χ2n) is 12.5. The molecule has 0 radical (unpaired) electrons. The molecule has 0 bridgehead atoms. The highest BCUT2D eigenvalue weighted by Crippen LogP contribution is 2.67. The smallest absolute Gasteiger partial charge is 0.119 e. The molecule has 0 spiro atoms. The SMILES string of the molecule is C.C/C=C(/C)C1CCC2(C)C(=CCC3C2CCC2(C)C(CCCCCC)CCC32)C1.CC.CCC=O. The van der Waals surface area contributed by atoms with Gasteiger partial charge in [0.1, 0.15) is 6.29 Å². The Kier molecular flexibility index (Phi) is 14.3. The second-order valence-corrected chi connectivity index (χ2v) is 12.5. The van der Waals surface area contributed by atoms with E-state index in [1.165, 1.54) is 83.5 Å². The minimum atomic E-state index is 0. The van der Waals surface area contributed by atoms with Crippen molar-refractivity contribution in [2.24, 2.45) is 40.4 Å². The predicted octanol–water partition coefficient (Wildman–Crippen LogP) is 11.4. The molecule has 4 rings (SSSR count). The van der Waals surface area contributed by atoms with Gasteiger partial charge in [0.25, 0.3) is 0 Å². The van der Waals surface area contributed by atoms with Crippen LogP contribution in [-0.2, 0) is 4.79 Å². The van der Waals surface area contributed by atoms with Crippen LogP contribution in [0.4, 0.5) is 0 Å². The standard InChI is InChI=1S/C29H48.C3H6O.C2H6.CH4/c1-6-8-9-10-11-23-13-15-26-25-14-12-24-20-22(21(3)7-2)16-18-29(24,5)27(25)17-19-28(23,26)4;1-2-3-4;1-2;/h7,12,22-23,25-27H,6,8-11,13-20H2,1-5H3;3H,2H2,1H3;1-2H3;1H4/b21-7-;;;. The summed E-state index contributed by atoms with van der Waals surface area (Å²) >= 11 is 0. The van der Waals surface area contributed by atoms with Gasteiger partial charge in [0.2, 0.25) is 0 Å². The van der Waals surface area contributed by atoms with Gasteiger partial charge in [-0.15, -0.1) is 0 Å². The first-order valence-corrected chi connectivity index (χ1v) is 15.6. The van der Waals surface area contributed by atoms with E-state index in [1.807, 2.05) is 26.3 Å². The third kappa shape index (κ3) is 6.96. The summed E-state index contributed by atoms with van der Waals surface area (Å²) in [5.41, 5.74) is 4.67. The predicted molar refractivity (Wildman–Crippen MR) is 161 cm³/mol. The monoisotopic (exact) mass is 500 g/mol. The van der Waals surface area contributed by atoms with Crippen LogP contribution in [-0.4, -0.2) is 6.29 Å². The normalized spacial score (nSPS) is 36.8. The fraction of sp³-hybridized carbons (Fsp3) is 0.857. The first kappa shape index (κ1) is 33.2. The van der Waals surface area contributed by atoms with Crippen molar-refractivity contribution in [1.82, 2.24) is 0 Å². The molecule has 4 aliphatic rings. The minimum Gasteiger partial charge on any atom is -0.303 e. The Morgan fingerprint density at radius 2 is 1.69 bits per heavy atom. The number of fused-ring (bicyclic) bond motifs is 5. The van der Waals surface area contributed by atoms with Crippen molar-refractivity contribution in [3.8, 4) is 0 Å². The average Bonchev–Trinajstić information content (AvgIpc) is 3.23. The van der Waals surface area contributed by atoms with Crippen molar-refractivity contribution in [1.29, 1.82) is 0 Å². The van der Waals surface area contributed by atoms with Crippen molar-refractivity contribution in [2.45, 2.75) is 153 Å². The van der Waals surface area contributed by atoms with E-state index in [4.69, 9.17) is 0 Å². The molecule has 0 N–H and O–H groups in total. The number of aldehydes is 1. The van der Waals surface area contributed by atoms with E-state index < -0.39 is 0 Å². The highest BCUT2D eigenvalue weighted by atomic mass is 16.1. The average molecular weight is 501 g/mol. The van der Waals surface area contributed by atoms with Crippen LogP contribution in [0, 0.1) is 40.4 Å². The van der Waals surface area contributed by atoms with E-state index in [2.05, 4.69) is 46.8 Å². The summed E-state index contributed by atoms with van der Waals surface area (Å²) in [4.78, 5) is 9.17. The maximum atomic E-state index is 9.17. The molecule has 3 saturated carbocycles. The van der Waals surface area contributed by atoms with Crippen molar-refractivity contribution in [3.05, 3.63) is 23.3 Å². The molecule has 0 aliphatic heterocycles. The summed E-state index contributed by atoms with van der Waals surface area (Å²) < 4.78 is 0. The second kappa shape index (κ2) is 15.5. The van der Waals surface area contributed by atoms with Crippen molar-refractivity contribution < 1.29 is 4.79 Å². The van der Waals surface area contributed by atoms with E-state index in [1.54, 1.807) is 5.57 Å². The van der Waals surface area contributed by atoms with Gasteiger partial charge in [-0.2, -0.15) is 0 Å². The summed E-state index contributed by atoms with van der Waals surface area (Å²) in [6, 6.07) is 0. The van der Waals surface area contributed by atoms with Crippen LogP contribution in [0.15, 0.2) is 23.3 Å². The molecule has 0 aromatic rings. The highest BCUT2D eigenvalue weighted by molar-refractivity contribution is 5.48. The van der Waals surface area contributed by atoms with Gasteiger partial charge in [-0.1, -0.05) is 98.0 Å². The number of hydrogen-bond donors (Lipinski definition) is 0. The lowest BCUT2D eigenvalue weighted by Crippen LogP contribution is -2.50. The number of unbranched alkanes of at least 4 members (excludes halogenated alkanes) is 3. The molecule has 0 saturated heterocycles. The van der Waals surface area contributed by atoms with Crippen molar-refractivity contribution in [3.63, 3.8) is 0 Å². The molecule has 0 aromatic heterocycles. The molecule has 7 unspecified atom stereocenters. The molecule has 36 heavy (non-hydrogen) atoms. The number of allylic oxidation sites excluding steroid dienone is 4. The van der Waals surface area contributed by atoms with Gasteiger partial charge in [0.05, 0.1) is 0 Å². The Morgan fingerprint density at radius 1 is 1.00 bits per heavy atom. The first-order chi connectivity index (χ1) is 16.9. The first-order valence-electron chi connectivity index (χ1n) is 15.6. The van der Waals surface area contributed by atoms with Crippen LogP contribution in [0.25, 0.3) is 0 Å². The minimum absolute atomic E-state index is 0. The van der Waals surface area contributed by atoms with E-state index >= 15 is 0 Å².